The molecule has 0 aliphatic carbocycles. The minimum absolute atomic E-state index is 0.0237. The molecule has 2 amide bonds. The van der Waals surface area contributed by atoms with Gasteiger partial charge in [0.05, 0.1) is 10.6 Å². The summed E-state index contributed by atoms with van der Waals surface area (Å²) in [5.41, 5.74) is 2.79. The standard InChI is InChI=1S/C35H38FN3O4S/c1-3-23-37-35(41)33(24-28-11-7-5-8-12-28)38(25-29-15-19-30(36)20-16-29)34(40)26-39(31-21-17-27(4-2)18-22-31)44(42,43)32-13-9-6-10-14-32/h5-22,33H,3-4,23-26H2,1-2H3,(H,37,41)/t33-/m1/s1. The molecule has 230 valence electrons. The Kier molecular flexibility index (Phi) is 11.3. The van der Waals surface area contributed by atoms with Crippen LogP contribution in [0.25, 0.3) is 0 Å². The second kappa shape index (κ2) is 15.3. The van der Waals surface area contributed by atoms with Gasteiger partial charge in [-0.25, -0.2) is 12.8 Å². The van der Waals surface area contributed by atoms with E-state index >= 15 is 0 Å². The summed E-state index contributed by atoms with van der Waals surface area (Å²) >= 11 is 0. The van der Waals surface area contributed by atoms with Crippen molar-refractivity contribution >= 4 is 27.5 Å². The van der Waals surface area contributed by atoms with Crippen molar-refractivity contribution in [2.75, 3.05) is 17.4 Å². The third-order valence-corrected chi connectivity index (χ3v) is 9.12. The van der Waals surface area contributed by atoms with Gasteiger partial charge in [0, 0.05) is 19.5 Å². The molecule has 0 fully saturated rings. The number of aryl methyl sites for hydroxylation is 1. The van der Waals surface area contributed by atoms with E-state index in [-0.39, 0.29) is 23.8 Å². The molecule has 1 N–H and O–H groups in total. The van der Waals surface area contributed by atoms with Crippen molar-refractivity contribution in [1.29, 1.82) is 0 Å². The van der Waals surface area contributed by atoms with Crippen molar-refractivity contribution in [2.24, 2.45) is 0 Å². The average Bonchev–Trinajstić information content (AvgIpc) is 3.05. The fourth-order valence-corrected chi connectivity index (χ4v) is 6.29. The maximum absolute atomic E-state index is 14.4. The smallest absolute Gasteiger partial charge is 0.264 e. The minimum Gasteiger partial charge on any atom is -0.354 e. The van der Waals surface area contributed by atoms with Crippen molar-refractivity contribution in [1.82, 2.24) is 10.2 Å². The highest BCUT2D eigenvalue weighted by Gasteiger charge is 2.34. The van der Waals surface area contributed by atoms with Gasteiger partial charge < -0.3 is 10.2 Å². The molecule has 4 aromatic rings. The zero-order valence-corrected chi connectivity index (χ0v) is 25.8. The van der Waals surface area contributed by atoms with Crippen LogP contribution >= 0.6 is 0 Å². The number of nitrogens with zero attached hydrogens (tertiary/aromatic N) is 2. The maximum atomic E-state index is 14.4. The van der Waals surface area contributed by atoms with Crippen molar-refractivity contribution < 1.29 is 22.4 Å². The van der Waals surface area contributed by atoms with E-state index in [0.717, 1.165) is 21.9 Å². The third kappa shape index (κ3) is 8.32. The molecule has 1 atom stereocenters. The summed E-state index contributed by atoms with van der Waals surface area (Å²) in [4.78, 5) is 29.5. The lowest BCUT2D eigenvalue weighted by Crippen LogP contribution is -2.53. The lowest BCUT2D eigenvalue weighted by molar-refractivity contribution is -0.140. The van der Waals surface area contributed by atoms with Crippen LogP contribution in [0.4, 0.5) is 10.1 Å². The molecule has 0 aromatic heterocycles. The summed E-state index contributed by atoms with van der Waals surface area (Å²) < 4.78 is 42.9. The quantitative estimate of drug-likeness (QED) is 0.196. The summed E-state index contributed by atoms with van der Waals surface area (Å²) in [5, 5.41) is 2.91. The fourth-order valence-electron chi connectivity index (χ4n) is 4.85. The molecule has 0 unspecified atom stereocenters. The van der Waals surface area contributed by atoms with Gasteiger partial charge in [0.25, 0.3) is 10.0 Å². The molecule has 9 heteroatoms. The van der Waals surface area contributed by atoms with Gasteiger partial charge in [-0.3, -0.25) is 13.9 Å². The monoisotopic (exact) mass is 615 g/mol. The zero-order chi connectivity index (χ0) is 31.5. The number of rotatable bonds is 14. The topological polar surface area (TPSA) is 86.8 Å². The molecular weight excluding hydrogens is 577 g/mol. The number of sulfonamides is 1. The summed E-state index contributed by atoms with van der Waals surface area (Å²) in [5.74, 6) is -1.35. The first-order valence-electron chi connectivity index (χ1n) is 14.7. The Bertz CT molecular complexity index is 1610. The highest BCUT2D eigenvalue weighted by atomic mass is 32.2. The van der Waals surface area contributed by atoms with Crippen LogP contribution in [0.5, 0.6) is 0 Å². The Morgan fingerprint density at radius 3 is 1.95 bits per heavy atom. The van der Waals surface area contributed by atoms with Crippen molar-refractivity contribution in [2.45, 2.75) is 50.6 Å². The Balaban J connectivity index is 1.78. The molecule has 0 aliphatic heterocycles. The van der Waals surface area contributed by atoms with Gasteiger partial charge in [-0.15, -0.1) is 0 Å². The maximum Gasteiger partial charge on any atom is 0.264 e. The Morgan fingerprint density at radius 1 is 0.773 bits per heavy atom. The number of nitrogens with one attached hydrogen (secondary N) is 1. The van der Waals surface area contributed by atoms with E-state index < -0.39 is 34.3 Å². The van der Waals surface area contributed by atoms with Gasteiger partial charge in [-0.2, -0.15) is 0 Å². The number of halogens is 1. The van der Waals surface area contributed by atoms with Crippen molar-refractivity contribution in [3.05, 3.63) is 132 Å². The summed E-state index contributed by atoms with van der Waals surface area (Å²) in [7, 11) is -4.16. The molecule has 4 aromatic carbocycles. The van der Waals surface area contributed by atoms with E-state index in [1.54, 1.807) is 42.5 Å². The second-order valence-electron chi connectivity index (χ2n) is 10.5. The van der Waals surface area contributed by atoms with Gasteiger partial charge in [-0.1, -0.05) is 86.6 Å². The number of benzene rings is 4. The van der Waals surface area contributed by atoms with Crippen LogP contribution in [-0.2, 0) is 39.0 Å². The lowest BCUT2D eigenvalue weighted by atomic mass is 10.0. The van der Waals surface area contributed by atoms with E-state index in [2.05, 4.69) is 5.32 Å². The van der Waals surface area contributed by atoms with E-state index in [9.17, 15) is 22.4 Å². The largest absolute Gasteiger partial charge is 0.354 e. The molecule has 0 saturated carbocycles. The SMILES string of the molecule is CCCNC(=O)[C@@H](Cc1ccccc1)N(Cc1ccc(F)cc1)C(=O)CN(c1ccc(CC)cc1)S(=O)(=O)c1ccccc1. The third-order valence-electron chi connectivity index (χ3n) is 7.33. The number of carbonyl (C=O) groups is 2. The number of amides is 2. The molecule has 0 spiro atoms. The van der Waals surface area contributed by atoms with Crippen LogP contribution in [0.15, 0.2) is 114 Å². The van der Waals surface area contributed by atoms with E-state index in [0.29, 0.717) is 24.2 Å². The summed E-state index contributed by atoms with van der Waals surface area (Å²) in [6, 6.07) is 29.1. The normalized spacial score (nSPS) is 11.9. The first kappa shape index (κ1) is 32.4. The molecule has 0 radical (unpaired) electrons. The molecule has 0 aliphatic rings. The zero-order valence-electron chi connectivity index (χ0n) is 25.0. The van der Waals surface area contributed by atoms with Gasteiger partial charge in [-0.05, 0) is 65.9 Å². The van der Waals surface area contributed by atoms with Crippen molar-refractivity contribution in [3.63, 3.8) is 0 Å². The minimum atomic E-state index is -4.16. The first-order chi connectivity index (χ1) is 21.2. The molecular formula is C35H38FN3O4S. The van der Waals surface area contributed by atoms with Crippen LogP contribution in [-0.4, -0.2) is 44.3 Å². The molecule has 44 heavy (non-hydrogen) atoms. The number of anilines is 1. The number of hydrogen-bond donors (Lipinski definition) is 1. The second-order valence-corrected chi connectivity index (χ2v) is 12.4. The average molecular weight is 616 g/mol. The van der Waals surface area contributed by atoms with Crippen LogP contribution in [0.3, 0.4) is 0 Å². The van der Waals surface area contributed by atoms with Crippen LogP contribution in [0, 0.1) is 5.82 Å². The van der Waals surface area contributed by atoms with Crippen LogP contribution in [0.1, 0.15) is 37.0 Å². The Hall–Kier alpha value is -4.50. The highest BCUT2D eigenvalue weighted by molar-refractivity contribution is 7.92. The lowest BCUT2D eigenvalue weighted by Gasteiger charge is -2.34. The highest BCUT2D eigenvalue weighted by Crippen LogP contribution is 2.25. The number of carbonyl (C=O) groups excluding carboxylic acids is 2. The van der Waals surface area contributed by atoms with Crippen LogP contribution < -0.4 is 9.62 Å². The van der Waals surface area contributed by atoms with E-state index in [1.165, 1.54) is 29.2 Å². The number of hydrogen-bond acceptors (Lipinski definition) is 4. The summed E-state index contributed by atoms with van der Waals surface area (Å²) in [6.45, 7) is 3.78. The molecule has 0 saturated heterocycles. The van der Waals surface area contributed by atoms with Crippen molar-refractivity contribution in [3.8, 4) is 0 Å². The Labute approximate surface area is 259 Å². The molecule has 0 bridgehead atoms. The van der Waals surface area contributed by atoms with Gasteiger partial charge >= 0.3 is 0 Å². The summed E-state index contributed by atoms with van der Waals surface area (Å²) in [6.07, 6.45) is 1.68. The van der Waals surface area contributed by atoms with Gasteiger partial charge in [0.2, 0.25) is 11.8 Å². The van der Waals surface area contributed by atoms with Gasteiger partial charge in [0.15, 0.2) is 0 Å². The van der Waals surface area contributed by atoms with Crippen LogP contribution in [0.2, 0.25) is 0 Å². The predicted molar refractivity (Wildman–Crippen MR) is 171 cm³/mol. The first-order valence-corrected chi connectivity index (χ1v) is 16.2. The Morgan fingerprint density at radius 2 is 1.36 bits per heavy atom. The molecule has 4 rings (SSSR count). The molecule has 0 heterocycles. The molecule has 7 nitrogen and oxygen atoms in total. The predicted octanol–water partition coefficient (Wildman–Crippen LogP) is 5.75. The fraction of sp³-hybridized carbons (Fsp3) is 0.257. The van der Waals surface area contributed by atoms with E-state index in [4.69, 9.17) is 0 Å². The van der Waals surface area contributed by atoms with Gasteiger partial charge in [0.1, 0.15) is 18.4 Å². The van der Waals surface area contributed by atoms with E-state index in [1.807, 2.05) is 56.3 Å².